The summed E-state index contributed by atoms with van der Waals surface area (Å²) in [5, 5.41) is 0.239. The molecule has 17 heavy (non-hydrogen) atoms. The van der Waals surface area contributed by atoms with Crippen LogP contribution in [0.25, 0.3) is 0 Å². The Morgan fingerprint density at radius 3 is 2.47 bits per heavy atom. The Morgan fingerprint density at radius 1 is 1.35 bits per heavy atom. The third-order valence-corrected chi connectivity index (χ3v) is 2.48. The number of hydrogen-bond donors (Lipinski definition) is 1. The minimum absolute atomic E-state index is 0.239. The van der Waals surface area contributed by atoms with E-state index in [0.29, 0.717) is 24.3 Å². The summed E-state index contributed by atoms with van der Waals surface area (Å²) >= 11 is 5.90. The molecule has 0 aliphatic heterocycles. The number of hydrogen-bond acceptors (Lipinski definition) is 2. The van der Waals surface area contributed by atoms with Crippen molar-refractivity contribution in [1.82, 2.24) is 0 Å². The van der Waals surface area contributed by atoms with Gasteiger partial charge in [-0.15, -0.1) is 0 Å². The van der Waals surface area contributed by atoms with Gasteiger partial charge in [0.15, 0.2) is 0 Å². The van der Waals surface area contributed by atoms with Crippen molar-refractivity contribution in [3.05, 3.63) is 23.2 Å². The van der Waals surface area contributed by atoms with E-state index in [0.717, 1.165) is 0 Å². The molecule has 96 valence electrons. The van der Waals surface area contributed by atoms with Crippen LogP contribution in [0.1, 0.15) is 13.3 Å². The van der Waals surface area contributed by atoms with Gasteiger partial charge >= 0.3 is 6.18 Å². The summed E-state index contributed by atoms with van der Waals surface area (Å²) in [6.07, 6.45) is -3.64. The van der Waals surface area contributed by atoms with E-state index in [1.54, 1.807) is 6.07 Å². The van der Waals surface area contributed by atoms with Gasteiger partial charge in [0.1, 0.15) is 6.54 Å². The lowest BCUT2D eigenvalue weighted by Gasteiger charge is -2.26. The maximum absolute atomic E-state index is 12.4. The second-order valence-electron chi connectivity index (χ2n) is 3.75. The van der Waals surface area contributed by atoms with Crippen molar-refractivity contribution < 1.29 is 13.2 Å². The highest BCUT2D eigenvalue weighted by molar-refractivity contribution is 6.33. The fourth-order valence-electron chi connectivity index (χ4n) is 1.55. The molecule has 0 aliphatic rings. The van der Waals surface area contributed by atoms with Crippen LogP contribution in [0, 0.1) is 0 Å². The number of nitrogen functional groups attached to an aromatic ring is 1. The van der Waals surface area contributed by atoms with Crippen LogP contribution < -0.4 is 10.6 Å². The van der Waals surface area contributed by atoms with Crippen LogP contribution in [-0.4, -0.2) is 19.3 Å². The highest BCUT2D eigenvalue weighted by atomic mass is 35.5. The molecular formula is C11H14ClF3N2. The Hall–Kier alpha value is -1.10. The van der Waals surface area contributed by atoms with Gasteiger partial charge in [-0.3, -0.25) is 0 Å². The summed E-state index contributed by atoms with van der Waals surface area (Å²) in [5.74, 6) is 0. The molecule has 6 heteroatoms. The molecule has 0 heterocycles. The Balaban J connectivity index is 2.97. The van der Waals surface area contributed by atoms with E-state index in [-0.39, 0.29) is 5.02 Å². The zero-order valence-electron chi connectivity index (χ0n) is 9.39. The summed E-state index contributed by atoms with van der Waals surface area (Å²) in [7, 11) is 0. The SMILES string of the molecule is CCCN(CC(F)(F)F)c1ccc(N)cc1Cl. The van der Waals surface area contributed by atoms with Gasteiger partial charge in [-0.05, 0) is 24.6 Å². The lowest BCUT2D eigenvalue weighted by molar-refractivity contribution is -0.119. The van der Waals surface area contributed by atoms with E-state index < -0.39 is 12.7 Å². The lowest BCUT2D eigenvalue weighted by Crippen LogP contribution is -2.35. The average Bonchev–Trinajstić information content (AvgIpc) is 2.14. The monoisotopic (exact) mass is 266 g/mol. The molecule has 2 N–H and O–H groups in total. The maximum atomic E-state index is 12.4. The topological polar surface area (TPSA) is 29.3 Å². The van der Waals surface area contributed by atoms with Crippen LogP contribution in [0.2, 0.25) is 5.02 Å². The van der Waals surface area contributed by atoms with Gasteiger partial charge in [0.25, 0.3) is 0 Å². The van der Waals surface area contributed by atoms with Crippen LogP contribution in [0.5, 0.6) is 0 Å². The van der Waals surface area contributed by atoms with E-state index in [4.69, 9.17) is 17.3 Å². The van der Waals surface area contributed by atoms with Crippen molar-refractivity contribution in [1.29, 1.82) is 0 Å². The van der Waals surface area contributed by atoms with Gasteiger partial charge in [0.05, 0.1) is 10.7 Å². The van der Waals surface area contributed by atoms with Crippen molar-refractivity contribution in [2.45, 2.75) is 19.5 Å². The zero-order valence-corrected chi connectivity index (χ0v) is 10.1. The number of rotatable bonds is 4. The first-order valence-electron chi connectivity index (χ1n) is 5.20. The summed E-state index contributed by atoms with van der Waals surface area (Å²) in [6, 6.07) is 4.51. The number of anilines is 2. The van der Waals surface area contributed by atoms with E-state index >= 15 is 0 Å². The van der Waals surface area contributed by atoms with E-state index in [2.05, 4.69) is 0 Å². The number of nitrogens with zero attached hydrogens (tertiary/aromatic N) is 1. The Kier molecular flexibility index (Phi) is 4.51. The Labute approximate surface area is 103 Å². The standard InChI is InChI=1S/C11H14ClF3N2/c1-2-5-17(7-11(13,14)15)10-4-3-8(16)6-9(10)12/h3-4,6H,2,5,7,16H2,1H3. The number of halogens is 4. The molecule has 0 fully saturated rings. The summed E-state index contributed by atoms with van der Waals surface area (Å²) in [6.45, 7) is 1.10. The molecule has 0 saturated carbocycles. The molecule has 0 saturated heterocycles. The third kappa shape index (κ3) is 4.34. The second kappa shape index (κ2) is 5.49. The first-order chi connectivity index (χ1) is 7.83. The number of nitrogens with two attached hydrogens (primary N) is 1. The van der Waals surface area contributed by atoms with Crippen LogP contribution in [-0.2, 0) is 0 Å². The van der Waals surface area contributed by atoms with Gasteiger partial charge in [-0.1, -0.05) is 18.5 Å². The predicted octanol–water partition coefficient (Wildman–Crippen LogP) is 3.70. The first kappa shape index (κ1) is 14.0. The Bertz CT molecular complexity index is 379. The molecule has 0 spiro atoms. The minimum atomic E-state index is -4.25. The molecular weight excluding hydrogens is 253 g/mol. The van der Waals surface area contributed by atoms with E-state index in [1.807, 2.05) is 6.92 Å². The molecule has 0 bridgehead atoms. The van der Waals surface area contributed by atoms with Crippen LogP contribution >= 0.6 is 11.6 Å². The smallest absolute Gasteiger partial charge is 0.399 e. The predicted molar refractivity (Wildman–Crippen MR) is 64.4 cm³/mol. The molecule has 1 rings (SSSR count). The third-order valence-electron chi connectivity index (χ3n) is 2.18. The fourth-order valence-corrected chi connectivity index (χ4v) is 1.86. The summed E-state index contributed by atoms with van der Waals surface area (Å²) in [5.41, 5.74) is 6.30. The van der Waals surface area contributed by atoms with Crippen LogP contribution in [0.3, 0.4) is 0 Å². The van der Waals surface area contributed by atoms with Gasteiger partial charge < -0.3 is 10.6 Å². The number of alkyl halides is 3. The summed E-state index contributed by atoms with van der Waals surface area (Å²) < 4.78 is 37.2. The average molecular weight is 267 g/mol. The van der Waals surface area contributed by atoms with Gasteiger partial charge in [-0.25, -0.2) is 0 Å². The first-order valence-corrected chi connectivity index (χ1v) is 5.58. The van der Waals surface area contributed by atoms with Crippen molar-refractivity contribution >= 4 is 23.0 Å². The van der Waals surface area contributed by atoms with Gasteiger partial charge in [0, 0.05) is 12.2 Å². The Morgan fingerprint density at radius 2 is 2.00 bits per heavy atom. The molecule has 0 atom stereocenters. The van der Waals surface area contributed by atoms with Crippen molar-refractivity contribution in [3.8, 4) is 0 Å². The van der Waals surface area contributed by atoms with Crippen molar-refractivity contribution in [3.63, 3.8) is 0 Å². The molecule has 2 nitrogen and oxygen atoms in total. The summed E-state index contributed by atoms with van der Waals surface area (Å²) in [4.78, 5) is 1.21. The van der Waals surface area contributed by atoms with Crippen LogP contribution in [0.4, 0.5) is 24.5 Å². The molecule has 1 aromatic rings. The molecule has 1 aromatic carbocycles. The number of benzene rings is 1. The van der Waals surface area contributed by atoms with Crippen molar-refractivity contribution in [2.75, 3.05) is 23.7 Å². The molecule has 0 aromatic heterocycles. The molecule has 0 aliphatic carbocycles. The highest BCUT2D eigenvalue weighted by Gasteiger charge is 2.31. The van der Waals surface area contributed by atoms with E-state index in [1.165, 1.54) is 17.0 Å². The minimum Gasteiger partial charge on any atom is -0.399 e. The molecule has 0 amide bonds. The van der Waals surface area contributed by atoms with Crippen LogP contribution in [0.15, 0.2) is 18.2 Å². The lowest BCUT2D eigenvalue weighted by atomic mass is 10.2. The maximum Gasteiger partial charge on any atom is 0.405 e. The van der Waals surface area contributed by atoms with Gasteiger partial charge in [-0.2, -0.15) is 13.2 Å². The zero-order chi connectivity index (χ0) is 13.1. The normalized spacial score (nSPS) is 11.6. The molecule has 0 radical (unpaired) electrons. The largest absolute Gasteiger partial charge is 0.405 e. The van der Waals surface area contributed by atoms with Gasteiger partial charge in [0.2, 0.25) is 0 Å². The van der Waals surface area contributed by atoms with Crippen molar-refractivity contribution in [2.24, 2.45) is 0 Å². The fraction of sp³-hybridized carbons (Fsp3) is 0.455. The second-order valence-corrected chi connectivity index (χ2v) is 4.15. The quantitative estimate of drug-likeness (QED) is 0.842. The molecule has 0 unspecified atom stereocenters. The highest BCUT2D eigenvalue weighted by Crippen LogP contribution is 2.30. The van der Waals surface area contributed by atoms with E-state index in [9.17, 15) is 13.2 Å².